The number of H-pyrrole nitrogens is 1. The van der Waals surface area contributed by atoms with Crippen LogP contribution in [0.4, 0.5) is 0 Å². The summed E-state index contributed by atoms with van der Waals surface area (Å²) in [5.41, 5.74) is 2.85. The number of carbonyl (C=O) groups excluding carboxylic acids is 1. The highest BCUT2D eigenvalue weighted by Crippen LogP contribution is 2.50. The van der Waals surface area contributed by atoms with Crippen molar-refractivity contribution in [1.29, 1.82) is 0 Å². The highest BCUT2D eigenvalue weighted by atomic mass is 16.5. The van der Waals surface area contributed by atoms with E-state index in [0.717, 1.165) is 18.4 Å². The third-order valence-electron chi connectivity index (χ3n) is 5.26. The van der Waals surface area contributed by atoms with Crippen molar-refractivity contribution in [1.82, 2.24) is 10.3 Å². The van der Waals surface area contributed by atoms with Crippen LogP contribution in [0.15, 0.2) is 48.7 Å². The summed E-state index contributed by atoms with van der Waals surface area (Å²) in [6, 6.07) is 13.6. The number of nitrogens with one attached hydrogen (secondary N) is 2. The van der Waals surface area contributed by atoms with Crippen LogP contribution in [0.5, 0.6) is 11.5 Å². The van der Waals surface area contributed by atoms with E-state index in [4.69, 9.17) is 9.47 Å². The second-order valence-electron chi connectivity index (χ2n) is 6.75. The zero-order chi connectivity index (χ0) is 18.1. The quantitative estimate of drug-likeness (QED) is 0.713. The Morgan fingerprint density at radius 3 is 2.42 bits per heavy atom. The lowest BCUT2D eigenvalue weighted by Crippen LogP contribution is -2.32. The van der Waals surface area contributed by atoms with Crippen LogP contribution in [-0.4, -0.2) is 31.7 Å². The SMILES string of the molecule is COc1cccc(OC)c1C(=O)NCC1(c2c[nH]c3ccccc23)CC1. The highest BCUT2D eigenvalue weighted by molar-refractivity contribution is 6.00. The summed E-state index contributed by atoms with van der Waals surface area (Å²) in [6.07, 6.45) is 4.21. The fourth-order valence-electron chi connectivity index (χ4n) is 3.62. The Morgan fingerprint density at radius 2 is 1.77 bits per heavy atom. The molecular weight excluding hydrogens is 328 g/mol. The number of benzene rings is 2. The number of amides is 1. The Labute approximate surface area is 152 Å². The molecule has 134 valence electrons. The number of para-hydroxylation sites is 1. The van der Waals surface area contributed by atoms with Crippen LogP contribution in [0, 0.1) is 0 Å². The Morgan fingerprint density at radius 1 is 1.08 bits per heavy atom. The van der Waals surface area contributed by atoms with E-state index in [1.165, 1.54) is 10.9 Å². The molecule has 0 atom stereocenters. The Hall–Kier alpha value is -2.95. The summed E-state index contributed by atoms with van der Waals surface area (Å²) in [5.74, 6) is 0.850. The van der Waals surface area contributed by atoms with E-state index in [1.807, 2.05) is 18.2 Å². The van der Waals surface area contributed by atoms with Crippen molar-refractivity contribution >= 4 is 16.8 Å². The van der Waals surface area contributed by atoms with Crippen molar-refractivity contribution in [2.45, 2.75) is 18.3 Å². The molecule has 0 aliphatic heterocycles. The number of hydrogen-bond donors (Lipinski definition) is 2. The van der Waals surface area contributed by atoms with Gasteiger partial charge in [0, 0.05) is 29.1 Å². The zero-order valence-corrected chi connectivity index (χ0v) is 15.0. The van der Waals surface area contributed by atoms with Crippen LogP contribution < -0.4 is 14.8 Å². The van der Waals surface area contributed by atoms with E-state index in [0.29, 0.717) is 23.6 Å². The number of methoxy groups -OCH3 is 2. The van der Waals surface area contributed by atoms with Crippen molar-refractivity contribution in [3.05, 3.63) is 59.8 Å². The lowest BCUT2D eigenvalue weighted by Gasteiger charge is -2.18. The number of fused-ring (bicyclic) bond motifs is 1. The average Bonchev–Trinajstić information content (AvgIpc) is 3.35. The standard InChI is InChI=1S/C21H22N2O3/c1-25-17-8-5-9-18(26-2)19(17)20(24)23-13-21(10-11-21)15-12-22-16-7-4-3-6-14(15)16/h3-9,12,22H,10-11,13H2,1-2H3,(H,23,24). The van der Waals surface area contributed by atoms with E-state index >= 15 is 0 Å². The summed E-state index contributed by atoms with van der Waals surface area (Å²) in [6.45, 7) is 0.592. The van der Waals surface area contributed by atoms with E-state index in [2.05, 4.69) is 28.6 Å². The molecule has 1 heterocycles. The van der Waals surface area contributed by atoms with Gasteiger partial charge in [-0.1, -0.05) is 24.3 Å². The van der Waals surface area contributed by atoms with Crippen LogP contribution in [0.3, 0.4) is 0 Å². The van der Waals surface area contributed by atoms with Crippen LogP contribution >= 0.6 is 0 Å². The molecule has 3 aromatic rings. The number of rotatable bonds is 6. The van der Waals surface area contributed by atoms with Gasteiger partial charge in [-0.05, 0) is 36.6 Å². The summed E-state index contributed by atoms with van der Waals surface area (Å²) in [7, 11) is 3.11. The van der Waals surface area contributed by atoms with Crippen molar-refractivity contribution in [3.8, 4) is 11.5 Å². The minimum absolute atomic E-state index is 0.00448. The third-order valence-corrected chi connectivity index (χ3v) is 5.26. The predicted octanol–water partition coefficient (Wildman–Crippen LogP) is 3.65. The lowest BCUT2D eigenvalue weighted by atomic mass is 9.95. The van der Waals surface area contributed by atoms with E-state index in [-0.39, 0.29) is 11.3 Å². The molecule has 0 saturated heterocycles. The van der Waals surface area contributed by atoms with Crippen molar-refractivity contribution < 1.29 is 14.3 Å². The molecule has 2 aromatic carbocycles. The number of aromatic amines is 1. The summed E-state index contributed by atoms with van der Waals surface area (Å²) in [4.78, 5) is 16.2. The number of aromatic nitrogens is 1. The average molecular weight is 350 g/mol. The number of ether oxygens (including phenoxy) is 2. The van der Waals surface area contributed by atoms with E-state index in [9.17, 15) is 4.79 Å². The van der Waals surface area contributed by atoms with Crippen molar-refractivity contribution in [2.75, 3.05) is 20.8 Å². The molecule has 0 bridgehead atoms. The molecule has 1 saturated carbocycles. The maximum atomic E-state index is 12.8. The van der Waals surface area contributed by atoms with Gasteiger partial charge in [0.15, 0.2) is 0 Å². The van der Waals surface area contributed by atoms with Gasteiger partial charge in [0.1, 0.15) is 17.1 Å². The molecule has 5 nitrogen and oxygen atoms in total. The molecule has 1 aliphatic rings. The predicted molar refractivity (Wildman–Crippen MR) is 101 cm³/mol. The Kier molecular flexibility index (Phi) is 4.07. The molecule has 1 fully saturated rings. The van der Waals surface area contributed by atoms with Gasteiger partial charge in [-0.3, -0.25) is 4.79 Å². The maximum Gasteiger partial charge on any atom is 0.258 e. The van der Waals surface area contributed by atoms with Gasteiger partial charge < -0.3 is 19.8 Å². The minimum Gasteiger partial charge on any atom is -0.496 e. The molecule has 0 radical (unpaired) electrons. The van der Waals surface area contributed by atoms with Gasteiger partial charge in [0.25, 0.3) is 5.91 Å². The summed E-state index contributed by atoms with van der Waals surface area (Å²) in [5, 5.41) is 4.32. The highest BCUT2D eigenvalue weighted by Gasteiger charge is 2.46. The van der Waals surface area contributed by atoms with Crippen LogP contribution in [0.25, 0.3) is 10.9 Å². The molecular formula is C21H22N2O3. The zero-order valence-electron chi connectivity index (χ0n) is 15.0. The van der Waals surface area contributed by atoms with Gasteiger partial charge in [0.05, 0.1) is 14.2 Å². The third kappa shape index (κ3) is 2.69. The largest absolute Gasteiger partial charge is 0.496 e. The smallest absolute Gasteiger partial charge is 0.258 e. The van der Waals surface area contributed by atoms with Crippen LogP contribution in [0.1, 0.15) is 28.8 Å². The molecule has 0 spiro atoms. The molecule has 26 heavy (non-hydrogen) atoms. The number of carbonyl (C=O) groups is 1. The van der Waals surface area contributed by atoms with E-state index in [1.54, 1.807) is 26.4 Å². The van der Waals surface area contributed by atoms with E-state index < -0.39 is 0 Å². The molecule has 1 aromatic heterocycles. The second kappa shape index (κ2) is 6.41. The second-order valence-corrected chi connectivity index (χ2v) is 6.75. The van der Waals surface area contributed by atoms with Crippen molar-refractivity contribution in [3.63, 3.8) is 0 Å². The van der Waals surface area contributed by atoms with Crippen molar-refractivity contribution in [2.24, 2.45) is 0 Å². The van der Waals surface area contributed by atoms with Gasteiger partial charge in [0.2, 0.25) is 0 Å². The fourth-order valence-corrected chi connectivity index (χ4v) is 3.62. The van der Waals surface area contributed by atoms with Gasteiger partial charge in [-0.15, -0.1) is 0 Å². The van der Waals surface area contributed by atoms with Gasteiger partial charge >= 0.3 is 0 Å². The fraction of sp³-hybridized carbons (Fsp3) is 0.286. The molecule has 5 heteroatoms. The lowest BCUT2D eigenvalue weighted by molar-refractivity contribution is 0.0943. The van der Waals surface area contributed by atoms with Crippen LogP contribution in [0.2, 0.25) is 0 Å². The molecule has 0 unspecified atom stereocenters. The first kappa shape index (κ1) is 16.5. The van der Waals surface area contributed by atoms with Gasteiger partial charge in [-0.25, -0.2) is 0 Å². The first-order valence-electron chi connectivity index (χ1n) is 8.74. The molecule has 4 rings (SSSR count). The summed E-state index contributed by atoms with van der Waals surface area (Å²) < 4.78 is 10.7. The number of hydrogen-bond acceptors (Lipinski definition) is 3. The van der Waals surface area contributed by atoms with Crippen LogP contribution in [-0.2, 0) is 5.41 Å². The summed E-state index contributed by atoms with van der Waals surface area (Å²) >= 11 is 0. The Bertz CT molecular complexity index is 935. The normalized spacial score (nSPS) is 14.8. The Balaban J connectivity index is 1.57. The first-order chi connectivity index (χ1) is 12.7. The monoisotopic (exact) mass is 350 g/mol. The topological polar surface area (TPSA) is 63.4 Å². The first-order valence-corrected chi connectivity index (χ1v) is 8.74. The van der Waals surface area contributed by atoms with Gasteiger partial charge in [-0.2, -0.15) is 0 Å². The minimum atomic E-state index is -0.176. The molecule has 1 amide bonds. The molecule has 2 N–H and O–H groups in total. The molecule has 1 aliphatic carbocycles. The maximum absolute atomic E-state index is 12.8.